The molecule has 0 atom stereocenters. The van der Waals surface area contributed by atoms with Crippen LogP contribution in [-0.2, 0) is 11.2 Å². The van der Waals surface area contributed by atoms with E-state index in [1.54, 1.807) is 33.0 Å². The average molecular weight is 236 g/mol. The fourth-order valence-corrected chi connectivity index (χ4v) is 1.79. The first-order valence-electron chi connectivity index (χ1n) is 5.60. The minimum Gasteiger partial charge on any atom is -0.443 e. The van der Waals surface area contributed by atoms with Crippen molar-refractivity contribution in [2.24, 2.45) is 0 Å². The van der Waals surface area contributed by atoms with Crippen molar-refractivity contribution >= 4 is 12.0 Å². The van der Waals surface area contributed by atoms with Gasteiger partial charge in [0.05, 0.1) is 0 Å². The highest BCUT2D eigenvalue weighted by Crippen LogP contribution is 2.17. The van der Waals surface area contributed by atoms with E-state index in [0.717, 1.165) is 12.0 Å². The van der Waals surface area contributed by atoms with E-state index in [4.69, 9.17) is 4.74 Å². The van der Waals surface area contributed by atoms with Crippen LogP contribution in [0, 0.1) is 0 Å². The van der Waals surface area contributed by atoms with Crippen LogP contribution in [0.1, 0.15) is 36.8 Å². The molecule has 0 aliphatic carbocycles. The van der Waals surface area contributed by atoms with Gasteiger partial charge in [0.2, 0.25) is 0 Å². The van der Waals surface area contributed by atoms with Crippen molar-refractivity contribution in [2.45, 2.75) is 32.8 Å². The Morgan fingerprint density at radius 2 is 2.18 bits per heavy atom. The van der Waals surface area contributed by atoms with Gasteiger partial charge in [-0.25, -0.2) is 9.36 Å². The molecule has 5 nitrogen and oxygen atoms in total. The van der Waals surface area contributed by atoms with E-state index in [9.17, 15) is 9.59 Å². The Morgan fingerprint density at radius 1 is 1.47 bits per heavy atom. The van der Waals surface area contributed by atoms with Crippen molar-refractivity contribution in [3.63, 3.8) is 0 Å². The SMILES string of the molecule is CC(C)(C)OC(=O)n1ccc2c1C(=O)NCC2. The van der Waals surface area contributed by atoms with Crippen molar-refractivity contribution in [3.8, 4) is 0 Å². The first-order valence-corrected chi connectivity index (χ1v) is 5.60. The van der Waals surface area contributed by atoms with Crippen LogP contribution in [0.15, 0.2) is 12.3 Å². The maximum atomic E-state index is 11.9. The number of hydrogen-bond donors (Lipinski definition) is 1. The lowest BCUT2D eigenvalue weighted by Gasteiger charge is -2.21. The minimum atomic E-state index is -0.570. The number of carbonyl (C=O) groups excluding carboxylic acids is 2. The number of nitrogens with zero attached hydrogens (tertiary/aromatic N) is 1. The molecule has 2 heterocycles. The molecule has 0 bridgehead atoms. The number of carbonyl (C=O) groups is 2. The Balaban J connectivity index is 2.31. The van der Waals surface area contributed by atoms with Gasteiger partial charge in [0, 0.05) is 12.7 Å². The van der Waals surface area contributed by atoms with Crippen molar-refractivity contribution in [3.05, 3.63) is 23.5 Å². The zero-order valence-electron chi connectivity index (χ0n) is 10.2. The average Bonchev–Trinajstić information content (AvgIpc) is 2.60. The fraction of sp³-hybridized carbons (Fsp3) is 0.500. The Morgan fingerprint density at radius 3 is 2.82 bits per heavy atom. The standard InChI is InChI=1S/C12H16N2O3/c1-12(2,3)17-11(16)14-7-5-8-4-6-13-10(15)9(8)14/h5,7H,4,6H2,1-3H3,(H,13,15). The van der Waals surface area contributed by atoms with E-state index in [1.165, 1.54) is 4.57 Å². The zero-order chi connectivity index (χ0) is 12.6. The second-order valence-electron chi connectivity index (χ2n) is 5.05. The number of fused-ring (bicyclic) bond motifs is 1. The van der Waals surface area contributed by atoms with Gasteiger partial charge in [-0.2, -0.15) is 0 Å². The fourth-order valence-electron chi connectivity index (χ4n) is 1.79. The second kappa shape index (κ2) is 3.91. The number of amides is 1. The maximum absolute atomic E-state index is 11.9. The van der Waals surface area contributed by atoms with Crippen LogP contribution in [0.4, 0.5) is 4.79 Å². The summed E-state index contributed by atoms with van der Waals surface area (Å²) in [7, 11) is 0. The second-order valence-corrected chi connectivity index (χ2v) is 5.05. The molecule has 0 saturated carbocycles. The summed E-state index contributed by atoms with van der Waals surface area (Å²) in [6, 6.07) is 1.79. The minimum absolute atomic E-state index is 0.220. The first kappa shape index (κ1) is 11.7. The first-order chi connectivity index (χ1) is 7.88. The molecular weight excluding hydrogens is 220 g/mol. The monoisotopic (exact) mass is 236 g/mol. The predicted octanol–water partition coefficient (Wildman–Crippen LogP) is 1.56. The molecule has 17 heavy (non-hydrogen) atoms. The summed E-state index contributed by atoms with van der Waals surface area (Å²) in [5.74, 6) is -0.220. The van der Waals surface area contributed by atoms with E-state index in [2.05, 4.69) is 5.32 Å². The summed E-state index contributed by atoms with van der Waals surface area (Å²) in [6.45, 7) is 5.99. The third kappa shape index (κ3) is 2.33. The van der Waals surface area contributed by atoms with Crippen LogP contribution >= 0.6 is 0 Å². The van der Waals surface area contributed by atoms with Crippen LogP contribution in [0.3, 0.4) is 0 Å². The Bertz CT molecular complexity index is 469. The van der Waals surface area contributed by atoms with Crippen LogP contribution < -0.4 is 5.32 Å². The maximum Gasteiger partial charge on any atom is 0.419 e. The van der Waals surface area contributed by atoms with Crippen LogP contribution in [0.5, 0.6) is 0 Å². The van der Waals surface area contributed by atoms with Gasteiger partial charge in [0.25, 0.3) is 5.91 Å². The third-order valence-corrected chi connectivity index (χ3v) is 2.46. The molecule has 1 aliphatic heterocycles. The number of hydrogen-bond acceptors (Lipinski definition) is 3. The lowest BCUT2D eigenvalue weighted by Crippen LogP contribution is -2.36. The topological polar surface area (TPSA) is 60.3 Å². The van der Waals surface area contributed by atoms with Crippen LogP contribution in [0.2, 0.25) is 0 Å². The molecule has 92 valence electrons. The van der Waals surface area contributed by atoms with Gasteiger partial charge in [-0.15, -0.1) is 0 Å². The molecule has 0 unspecified atom stereocenters. The Kier molecular flexibility index (Phi) is 2.69. The summed E-state index contributed by atoms with van der Waals surface area (Å²) in [5.41, 5.74) is 0.712. The van der Waals surface area contributed by atoms with Crippen molar-refractivity contribution in [2.75, 3.05) is 6.54 Å². The summed E-state index contributed by atoms with van der Waals surface area (Å²) >= 11 is 0. The quantitative estimate of drug-likeness (QED) is 0.743. The third-order valence-electron chi connectivity index (χ3n) is 2.46. The normalized spacial score (nSPS) is 15.1. The van der Waals surface area contributed by atoms with E-state index >= 15 is 0 Å². The van der Waals surface area contributed by atoms with Crippen LogP contribution in [-0.4, -0.2) is 28.7 Å². The largest absolute Gasteiger partial charge is 0.443 e. The van der Waals surface area contributed by atoms with E-state index in [1.807, 2.05) is 0 Å². The highest BCUT2D eigenvalue weighted by molar-refractivity contribution is 5.98. The zero-order valence-corrected chi connectivity index (χ0v) is 10.2. The summed E-state index contributed by atoms with van der Waals surface area (Å²) < 4.78 is 6.51. The number of nitrogens with one attached hydrogen (secondary N) is 1. The molecule has 0 aromatic carbocycles. The van der Waals surface area contributed by atoms with Crippen LogP contribution in [0.25, 0.3) is 0 Å². The van der Waals surface area contributed by atoms with Crippen molar-refractivity contribution < 1.29 is 14.3 Å². The van der Waals surface area contributed by atoms with Crippen molar-refractivity contribution in [1.29, 1.82) is 0 Å². The molecule has 0 spiro atoms. The number of rotatable bonds is 0. The van der Waals surface area contributed by atoms with Gasteiger partial charge >= 0.3 is 6.09 Å². The molecule has 1 aromatic heterocycles. The van der Waals surface area contributed by atoms with Gasteiger partial charge in [-0.05, 0) is 38.8 Å². The summed E-state index contributed by atoms with van der Waals surface area (Å²) in [6.07, 6.45) is 1.82. The Labute approximate surface area is 99.8 Å². The number of ether oxygens (including phenoxy) is 1. The highest BCUT2D eigenvalue weighted by atomic mass is 16.6. The predicted molar refractivity (Wildman–Crippen MR) is 62.1 cm³/mol. The van der Waals surface area contributed by atoms with Gasteiger partial charge < -0.3 is 10.1 Å². The molecule has 1 aliphatic rings. The van der Waals surface area contributed by atoms with E-state index in [-0.39, 0.29) is 5.91 Å². The van der Waals surface area contributed by atoms with E-state index < -0.39 is 11.7 Å². The molecule has 1 amide bonds. The molecule has 2 rings (SSSR count). The Hall–Kier alpha value is -1.78. The van der Waals surface area contributed by atoms with Gasteiger partial charge in [0.15, 0.2) is 0 Å². The molecular formula is C12H16N2O3. The van der Waals surface area contributed by atoms with Gasteiger partial charge in [-0.1, -0.05) is 0 Å². The number of aromatic nitrogens is 1. The highest BCUT2D eigenvalue weighted by Gasteiger charge is 2.26. The van der Waals surface area contributed by atoms with E-state index in [0.29, 0.717) is 12.2 Å². The van der Waals surface area contributed by atoms with Gasteiger partial charge in [-0.3, -0.25) is 4.79 Å². The lowest BCUT2D eigenvalue weighted by molar-refractivity contribution is 0.0525. The summed E-state index contributed by atoms with van der Waals surface area (Å²) in [5, 5.41) is 2.71. The lowest BCUT2D eigenvalue weighted by atomic mass is 10.1. The molecule has 1 N–H and O–H groups in total. The van der Waals surface area contributed by atoms with Gasteiger partial charge in [0.1, 0.15) is 11.3 Å². The smallest absolute Gasteiger partial charge is 0.419 e. The molecule has 1 aromatic rings. The molecule has 5 heteroatoms. The van der Waals surface area contributed by atoms with Crippen molar-refractivity contribution in [1.82, 2.24) is 9.88 Å². The summed E-state index contributed by atoms with van der Waals surface area (Å²) in [4.78, 5) is 23.6. The molecule has 0 fully saturated rings. The molecule has 0 radical (unpaired) electrons. The molecule has 0 saturated heterocycles.